The molecular weight excluding hydrogens is 127 g/mol. The predicted octanol–water partition coefficient (Wildman–Crippen LogP) is -3.88. The second-order valence-electron chi connectivity index (χ2n) is 0. The second kappa shape index (κ2) is 21.4. The minimum Gasteiger partial charge on any atom is -1.00 e. The van der Waals surface area contributed by atoms with Crippen molar-refractivity contribution in [2.75, 3.05) is 0 Å². The molecule has 0 fully saturated rings. The molecule has 0 aliphatic heterocycles. The minimum absolute atomic E-state index is 0. The summed E-state index contributed by atoms with van der Waals surface area (Å²) in [5, 5.41) is 0. The monoisotopic (exact) mass is 126 g/mol. The van der Waals surface area contributed by atoms with Crippen LogP contribution >= 0.6 is 11.9 Å². The van der Waals surface area contributed by atoms with Gasteiger partial charge in [0.1, 0.15) is 0 Å². The molecule has 0 heterocycles. The van der Waals surface area contributed by atoms with Crippen LogP contribution in [0.3, 0.4) is 0 Å². The summed E-state index contributed by atoms with van der Waals surface area (Å²) in [4.78, 5) is 0. The van der Waals surface area contributed by atoms with E-state index in [1.807, 2.05) is 0 Å². The average Bonchev–Trinajstić information content (AvgIpc) is 1.00. The van der Waals surface area contributed by atoms with Gasteiger partial charge in [0.05, 0.1) is 0 Å². The molecule has 0 aliphatic carbocycles. The van der Waals surface area contributed by atoms with Gasteiger partial charge in [0, 0.05) is 0 Å². The Morgan fingerprint density at radius 1 is 1.25 bits per heavy atom. The molecule has 22 valence electrons. The fraction of sp³-hybridized carbons (Fsp3) is 0. The molecule has 0 radical (unpaired) electrons. The molecule has 0 aromatic rings. The van der Waals surface area contributed by atoms with E-state index in [4.69, 9.17) is 4.66 Å². The van der Waals surface area contributed by atoms with Gasteiger partial charge in [0.2, 0.25) is 0 Å². The summed E-state index contributed by atoms with van der Waals surface area (Å²) in [7, 11) is 0. The minimum atomic E-state index is 0. The zero-order valence-electron chi connectivity index (χ0n) is 1.87. The molecule has 4 heavy (non-hydrogen) atoms. The SMILES string of the molecule is [Ca+2].[Cl-].[O-]Cl. The summed E-state index contributed by atoms with van der Waals surface area (Å²) in [6.07, 6.45) is 0. The molecule has 0 atom stereocenters. The van der Waals surface area contributed by atoms with Crippen LogP contribution < -0.4 is 17.1 Å². The summed E-state index contributed by atoms with van der Waals surface area (Å²) >= 11 is 3.39. The summed E-state index contributed by atoms with van der Waals surface area (Å²) in [6.45, 7) is 0. The molecule has 1 nitrogen and oxygen atoms in total. The van der Waals surface area contributed by atoms with Crippen molar-refractivity contribution in [3.8, 4) is 0 Å². The van der Waals surface area contributed by atoms with Gasteiger partial charge in [-0.2, -0.15) is 0 Å². The third-order valence-electron chi connectivity index (χ3n) is 0. The van der Waals surface area contributed by atoms with Gasteiger partial charge in [0.25, 0.3) is 0 Å². The Labute approximate surface area is 65.9 Å². The largest absolute Gasteiger partial charge is 2.00 e. The Hall–Kier alpha value is 1.80. The van der Waals surface area contributed by atoms with E-state index in [2.05, 4.69) is 11.9 Å². The van der Waals surface area contributed by atoms with Crippen LogP contribution in [0.2, 0.25) is 0 Å². The van der Waals surface area contributed by atoms with Crippen LogP contribution in [0.25, 0.3) is 0 Å². The topological polar surface area (TPSA) is 23.1 Å². The van der Waals surface area contributed by atoms with E-state index in [1.165, 1.54) is 0 Å². The van der Waals surface area contributed by atoms with Crippen LogP contribution in [0.1, 0.15) is 0 Å². The van der Waals surface area contributed by atoms with E-state index in [1.54, 1.807) is 0 Å². The Balaban J connectivity index is -0.00000000500. The van der Waals surface area contributed by atoms with E-state index >= 15 is 0 Å². The van der Waals surface area contributed by atoms with E-state index in [0.29, 0.717) is 0 Å². The maximum absolute atomic E-state index is 7.72. The third kappa shape index (κ3) is 9.20. The van der Waals surface area contributed by atoms with Gasteiger partial charge in [-0.1, -0.05) is 0 Å². The first-order valence-electron chi connectivity index (χ1n) is 0.154. The summed E-state index contributed by atoms with van der Waals surface area (Å²) in [6, 6.07) is 0. The van der Waals surface area contributed by atoms with Crippen LogP contribution in [0, 0.1) is 0 Å². The first kappa shape index (κ1) is 17.0. The fourth-order valence-corrected chi connectivity index (χ4v) is 0. The Bertz CT molecular complexity index is 6.00. The van der Waals surface area contributed by atoms with E-state index < -0.39 is 0 Å². The standard InChI is InChI=1S/Ca.ClO.ClH/c;1-2;/h;;1H/q+2;-1;/p-1. The quantitative estimate of drug-likeness (QED) is 0.305. The molecule has 0 spiro atoms. The first-order valence-corrected chi connectivity index (χ1v) is 0.463. The first-order chi connectivity index (χ1) is 1.00. The van der Waals surface area contributed by atoms with Crippen molar-refractivity contribution in [3.63, 3.8) is 0 Å². The van der Waals surface area contributed by atoms with Crippen molar-refractivity contribution in [3.05, 3.63) is 0 Å². The van der Waals surface area contributed by atoms with Crippen molar-refractivity contribution < 1.29 is 17.1 Å². The fourth-order valence-electron chi connectivity index (χ4n) is 0. The molecule has 0 bridgehead atoms. The van der Waals surface area contributed by atoms with Gasteiger partial charge in [-0.15, -0.1) is 0 Å². The molecule has 0 unspecified atom stereocenters. The van der Waals surface area contributed by atoms with E-state index in [-0.39, 0.29) is 50.1 Å². The Kier molecular flexibility index (Phi) is 91.2. The molecule has 0 aromatic carbocycles. The summed E-state index contributed by atoms with van der Waals surface area (Å²) in [5.41, 5.74) is 0. The molecular formula is CaCl2O. The molecule has 0 saturated carbocycles. The molecule has 0 saturated heterocycles. The van der Waals surface area contributed by atoms with Crippen molar-refractivity contribution >= 4 is 49.6 Å². The van der Waals surface area contributed by atoms with Gasteiger partial charge in [-0.3, -0.25) is 0 Å². The molecule has 4 heteroatoms. The normalized spacial score (nSPS) is 1.50. The summed E-state index contributed by atoms with van der Waals surface area (Å²) in [5.74, 6) is 0. The van der Waals surface area contributed by atoms with E-state index in [0.717, 1.165) is 0 Å². The van der Waals surface area contributed by atoms with Gasteiger partial charge < -0.3 is 17.1 Å². The number of hydrogen-bond donors (Lipinski definition) is 0. The van der Waals surface area contributed by atoms with Crippen molar-refractivity contribution in [2.45, 2.75) is 0 Å². The molecule has 0 amide bonds. The van der Waals surface area contributed by atoms with E-state index in [9.17, 15) is 0 Å². The number of hydrogen-bond acceptors (Lipinski definition) is 1. The second-order valence-corrected chi connectivity index (χ2v) is 0. The molecule has 0 aromatic heterocycles. The van der Waals surface area contributed by atoms with Crippen LogP contribution in [0.15, 0.2) is 0 Å². The van der Waals surface area contributed by atoms with Crippen LogP contribution in [0.5, 0.6) is 0 Å². The molecule has 0 aliphatic rings. The molecule has 0 rings (SSSR count). The zero-order chi connectivity index (χ0) is 2.00. The maximum Gasteiger partial charge on any atom is 2.00 e. The maximum atomic E-state index is 7.72. The summed E-state index contributed by atoms with van der Waals surface area (Å²) < 4.78 is 7.72. The van der Waals surface area contributed by atoms with Crippen LogP contribution in [0.4, 0.5) is 0 Å². The van der Waals surface area contributed by atoms with Crippen molar-refractivity contribution in [1.82, 2.24) is 0 Å². The van der Waals surface area contributed by atoms with Gasteiger partial charge >= 0.3 is 37.7 Å². The average molecular weight is 127 g/mol. The predicted molar refractivity (Wildman–Crippen MR) is 11.6 cm³/mol. The zero-order valence-corrected chi connectivity index (χ0v) is 5.59. The number of halogens is 2. The number of rotatable bonds is 0. The van der Waals surface area contributed by atoms with Crippen LogP contribution in [-0.4, -0.2) is 37.7 Å². The van der Waals surface area contributed by atoms with Gasteiger partial charge in [0.15, 0.2) is 0 Å². The van der Waals surface area contributed by atoms with Gasteiger partial charge in [-0.25, -0.2) is 11.9 Å². The van der Waals surface area contributed by atoms with Crippen molar-refractivity contribution in [2.24, 2.45) is 0 Å². The molecule has 0 N–H and O–H groups in total. The third-order valence-corrected chi connectivity index (χ3v) is 0. The van der Waals surface area contributed by atoms with Crippen molar-refractivity contribution in [1.29, 1.82) is 0 Å². The van der Waals surface area contributed by atoms with Gasteiger partial charge in [-0.05, 0) is 0 Å². The smallest absolute Gasteiger partial charge is 1.00 e. The Morgan fingerprint density at radius 3 is 1.25 bits per heavy atom. The Morgan fingerprint density at radius 2 is 1.25 bits per heavy atom. The van der Waals surface area contributed by atoms with Crippen LogP contribution in [-0.2, 0) is 0 Å².